The first kappa shape index (κ1) is 22.4. The van der Waals surface area contributed by atoms with E-state index in [2.05, 4.69) is 79.3 Å². The molecule has 0 aromatic heterocycles. The molecule has 1 atom stereocenters. The summed E-state index contributed by atoms with van der Waals surface area (Å²) in [6.45, 7) is 2.08. The average molecular weight is 503 g/mol. The van der Waals surface area contributed by atoms with Crippen LogP contribution in [0, 0.1) is 0 Å². The normalized spacial score (nSPS) is 20.6. The fraction of sp³-hybridized carbons (Fsp3) is 0.0400. The first-order chi connectivity index (χ1) is 16.2. The maximum Gasteiger partial charge on any atom is 0.389 e. The van der Waals surface area contributed by atoms with Crippen molar-refractivity contribution in [2.75, 3.05) is 0 Å². The minimum Gasteiger partial charge on any atom is -0.423 e. The molecule has 8 heteroatoms. The Bertz CT molecular complexity index is 1090. The molecular formula is C25H26O4Si4. The minimum atomic E-state index is -3.19. The number of hydrogen-bond acceptors (Lipinski definition) is 4. The quantitative estimate of drug-likeness (QED) is 0.396. The molecule has 1 aliphatic heterocycles. The predicted octanol–water partition coefficient (Wildman–Crippen LogP) is 1.43. The third-order valence-electron chi connectivity index (χ3n) is 5.80. The van der Waals surface area contributed by atoms with E-state index in [-0.39, 0.29) is 0 Å². The predicted molar refractivity (Wildman–Crippen MR) is 142 cm³/mol. The highest BCUT2D eigenvalue weighted by Gasteiger charge is 2.56. The molecule has 0 amide bonds. The highest BCUT2D eigenvalue weighted by Crippen LogP contribution is 2.22. The number of rotatable bonds is 4. The van der Waals surface area contributed by atoms with Crippen LogP contribution in [0.25, 0.3) is 0 Å². The van der Waals surface area contributed by atoms with Gasteiger partial charge in [-0.3, -0.25) is 0 Å². The lowest BCUT2D eigenvalue weighted by Crippen LogP contribution is -2.77. The van der Waals surface area contributed by atoms with Crippen molar-refractivity contribution in [1.29, 1.82) is 0 Å². The van der Waals surface area contributed by atoms with Crippen LogP contribution >= 0.6 is 0 Å². The average Bonchev–Trinajstić information content (AvgIpc) is 2.88. The molecule has 1 unspecified atom stereocenters. The van der Waals surface area contributed by atoms with Crippen LogP contribution in [0.5, 0.6) is 0 Å². The smallest absolute Gasteiger partial charge is 0.389 e. The summed E-state index contributed by atoms with van der Waals surface area (Å²) < 4.78 is 27.6. The van der Waals surface area contributed by atoms with E-state index in [1.54, 1.807) is 0 Å². The highest BCUT2D eigenvalue weighted by molar-refractivity contribution is 7.07. The Morgan fingerprint density at radius 2 is 0.909 bits per heavy atom. The van der Waals surface area contributed by atoms with Gasteiger partial charge in [-0.05, 0) is 27.3 Å². The molecule has 0 spiro atoms. The lowest BCUT2D eigenvalue weighted by molar-refractivity contribution is 0.292. The van der Waals surface area contributed by atoms with E-state index < -0.39 is 36.4 Å². The van der Waals surface area contributed by atoms with Crippen LogP contribution in [0.15, 0.2) is 121 Å². The van der Waals surface area contributed by atoms with Crippen molar-refractivity contribution in [2.45, 2.75) is 6.55 Å². The Kier molecular flexibility index (Phi) is 6.67. The Morgan fingerprint density at radius 3 is 1.30 bits per heavy atom. The van der Waals surface area contributed by atoms with Crippen LogP contribution in [0.1, 0.15) is 0 Å². The molecule has 0 bridgehead atoms. The lowest BCUT2D eigenvalue weighted by Gasteiger charge is -2.44. The molecular weight excluding hydrogens is 477 g/mol. The Balaban J connectivity index is 1.80. The summed E-state index contributed by atoms with van der Waals surface area (Å²) in [6.07, 6.45) is 0. The summed E-state index contributed by atoms with van der Waals surface area (Å²) in [5, 5.41) is 4.26. The Morgan fingerprint density at radius 1 is 0.545 bits per heavy atom. The molecule has 1 fully saturated rings. The van der Waals surface area contributed by atoms with Gasteiger partial charge >= 0.3 is 26.4 Å². The first-order valence-electron chi connectivity index (χ1n) is 11.1. The summed E-state index contributed by atoms with van der Waals surface area (Å²) in [6, 6.07) is 41.4. The van der Waals surface area contributed by atoms with Gasteiger partial charge in [0.15, 0.2) is 0 Å². The molecule has 4 aromatic carbocycles. The van der Waals surface area contributed by atoms with Gasteiger partial charge in [0.05, 0.1) is 0 Å². The molecule has 1 heterocycles. The third-order valence-corrected chi connectivity index (χ3v) is 19.6. The Labute approximate surface area is 201 Å². The third kappa shape index (κ3) is 4.39. The zero-order chi connectivity index (χ0) is 22.6. The molecule has 0 aliphatic carbocycles. The molecule has 166 valence electrons. The van der Waals surface area contributed by atoms with Crippen molar-refractivity contribution in [1.82, 2.24) is 0 Å². The summed E-state index contributed by atoms with van der Waals surface area (Å²) in [7, 11) is -9.62. The maximum absolute atomic E-state index is 7.50. The summed E-state index contributed by atoms with van der Waals surface area (Å²) in [5.74, 6) is 0. The lowest BCUT2D eigenvalue weighted by atomic mass is 10.4. The second-order valence-electron chi connectivity index (χ2n) is 7.91. The highest BCUT2D eigenvalue weighted by atomic mass is 28.5. The minimum absolute atomic E-state index is 1.06. The van der Waals surface area contributed by atoms with Crippen LogP contribution in [-0.2, 0) is 16.5 Å². The van der Waals surface area contributed by atoms with Crippen LogP contribution < -0.4 is 20.7 Å². The van der Waals surface area contributed by atoms with E-state index >= 15 is 0 Å². The molecule has 0 saturated carbocycles. The van der Waals surface area contributed by atoms with Crippen molar-refractivity contribution in [3.05, 3.63) is 121 Å². The van der Waals surface area contributed by atoms with Crippen LogP contribution in [0.3, 0.4) is 0 Å². The molecule has 1 saturated heterocycles. The van der Waals surface area contributed by atoms with E-state index in [1.807, 2.05) is 48.5 Å². The van der Waals surface area contributed by atoms with E-state index in [0.717, 1.165) is 20.7 Å². The molecule has 4 nitrogen and oxygen atoms in total. The van der Waals surface area contributed by atoms with E-state index in [0.29, 0.717) is 0 Å². The van der Waals surface area contributed by atoms with Crippen LogP contribution in [0.2, 0.25) is 6.55 Å². The van der Waals surface area contributed by atoms with E-state index in [4.69, 9.17) is 16.5 Å². The van der Waals surface area contributed by atoms with E-state index in [1.165, 1.54) is 0 Å². The number of benzene rings is 4. The van der Waals surface area contributed by atoms with Crippen LogP contribution in [0.4, 0.5) is 0 Å². The van der Waals surface area contributed by atoms with E-state index in [9.17, 15) is 0 Å². The van der Waals surface area contributed by atoms with Crippen molar-refractivity contribution in [3.8, 4) is 0 Å². The number of hydrogen-bond donors (Lipinski definition) is 0. The van der Waals surface area contributed by atoms with Crippen molar-refractivity contribution in [3.63, 3.8) is 0 Å². The zero-order valence-corrected chi connectivity index (χ0v) is 23.0. The van der Waals surface area contributed by atoms with Crippen molar-refractivity contribution in [2.24, 2.45) is 0 Å². The van der Waals surface area contributed by atoms with Gasteiger partial charge < -0.3 is 16.5 Å². The molecule has 0 radical (unpaired) electrons. The van der Waals surface area contributed by atoms with Gasteiger partial charge in [-0.15, -0.1) is 0 Å². The second kappa shape index (κ2) is 9.83. The fourth-order valence-electron chi connectivity index (χ4n) is 4.24. The van der Waals surface area contributed by atoms with Gasteiger partial charge in [-0.1, -0.05) is 121 Å². The maximum atomic E-state index is 7.50. The van der Waals surface area contributed by atoms with Crippen molar-refractivity contribution >= 4 is 57.2 Å². The fourth-order valence-corrected chi connectivity index (χ4v) is 19.8. The van der Waals surface area contributed by atoms with Gasteiger partial charge in [0, 0.05) is 0 Å². The molecule has 1 aliphatic rings. The summed E-state index contributed by atoms with van der Waals surface area (Å²) in [4.78, 5) is 0. The SMILES string of the molecule is C[SiH]1O[SiH2]O[Si](c2ccccc2)(c2ccccc2)O[Si](c2ccccc2)(c2ccccc2)O1. The topological polar surface area (TPSA) is 36.9 Å². The molecule has 4 aromatic rings. The van der Waals surface area contributed by atoms with Gasteiger partial charge in [-0.2, -0.15) is 0 Å². The summed E-state index contributed by atoms with van der Waals surface area (Å²) in [5.41, 5.74) is 0. The van der Waals surface area contributed by atoms with Gasteiger partial charge in [0.2, 0.25) is 0 Å². The molecule has 5 rings (SSSR count). The van der Waals surface area contributed by atoms with Gasteiger partial charge in [0.25, 0.3) is 10.0 Å². The first-order valence-corrected chi connectivity index (χ1v) is 18.0. The molecule has 0 N–H and O–H groups in total. The standard InChI is InChI=1S/C25H26O4Si4/c1-31-26-30-27-32(22-14-6-2-7-15-22,23-16-8-3-9-17-23)29-33(28-31,24-18-10-4-11-19-24)25-20-12-5-13-21-25/h2-21,31H,30H2,1H3. The summed E-state index contributed by atoms with van der Waals surface area (Å²) >= 11 is 0. The Hall–Kier alpha value is -2.41. The molecule has 33 heavy (non-hydrogen) atoms. The zero-order valence-electron chi connectivity index (χ0n) is 18.5. The monoisotopic (exact) mass is 502 g/mol. The largest absolute Gasteiger partial charge is 0.423 e. The van der Waals surface area contributed by atoms with Gasteiger partial charge in [-0.25, -0.2) is 0 Å². The second-order valence-corrected chi connectivity index (χ2v) is 18.3. The van der Waals surface area contributed by atoms with Gasteiger partial charge in [0.1, 0.15) is 0 Å². The van der Waals surface area contributed by atoms with Crippen molar-refractivity contribution < 1.29 is 16.5 Å². The van der Waals surface area contributed by atoms with Crippen LogP contribution in [-0.4, -0.2) is 36.4 Å².